The first-order valence-corrected chi connectivity index (χ1v) is 15.4. The van der Waals surface area contributed by atoms with Crippen molar-refractivity contribution < 1.29 is 24.7 Å². The van der Waals surface area contributed by atoms with Crippen molar-refractivity contribution in [2.45, 2.75) is 6.92 Å². The number of pyridine rings is 3. The molecule has 4 aromatic heterocycles. The second kappa shape index (κ2) is 15.9. The van der Waals surface area contributed by atoms with Crippen molar-refractivity contribution in [2.24, 2.45) is 0 Å². The molecule has 0 saturated heterocycles. The van der Waals surface area contributed by atoms with E-state index in [0.29, 0.717) is 0 Å². The van der Waals surface area contributed by atoms with Gasteiger partial charge in [-0.2, -0.15) is 11.3 Å². The number of aryl methyl sites for hydroxylation is 1. The van der Waals surface area contributed by atoms with Crippen molar-refractivity contribution in [3.8, 4) is 33.8 Å². The topological polar surface area (TPSA) is 29.7 Å². The van der Waals surface area contributed by atoms with Gasteiger partial charge in [-0.25, -0.2) is 0 Å². The van der Waals surface area contributed by atoms with Gasteiger partial charge in [-0.15, -0.1) is 90.0 Å². The van der Waals surface area contributed by atoms with Crippen LogP contribution in [0.3, 0.4) is 0 Å². The number of hydrogen-bond acceptors (Lipinski definition) is 3. The summed E-state index contributed by atoms with van der Waals surface area (Å²) in [6.45, 7) is 2.06. The molecule has 0 saturated carbocycles. The van der Waals surface area contributed by atoms with E-state index in [2.05, 4.69) is 84.6 Å². The van der Waals surface area contributed by atoms with Crippen LogP contribution in [0.4, 0.5) is 0 Å². The van der Waals surface area contributed by atoms with E-state index in [9.17, 15) is 0 Å². The molecule has 4 aromatic carbocycles. The van der Waals surface area contributed by atoms with Gasteiger partial charge in [0.2, 0.25) is 0 Å². The van der Waals surface area contributed by atoms with Crippen molar-refractivity contribution in [2.75, 3.05) is 0 Å². The van der Waals surface area contributed by atoms with E-state index in [4.69, 9.17) is 0 Å². The molecule has 0 aliphatic heterocycles. The average Bonchev–Trinajstić information content (AvgIpc) is 3.50. The molecule has 46 heavy (non-hydrogen) atoms. The summed E-state index contributed by atoms with van der Waals surface area (Å²) in [7, 11) is 3.89. The van der Waals surface area contributed by atoms with Gasteiger partial charge in [0.25, 0.3) is 0 Å². The van der Waals surface area contributed by atoms with E-state index in [1.165, 1.54) is 25.7 Å². The minimum Gasteiger partial charge on any atom is -0.321 e. The first-order valence-electron chi connectivity index (χ1n) is 14.6. The van der Waals surface area contributed by atoms with Crippen LogP contribution in [0.25, 0.3) is 53.9 Å². The predicted octanol–water partition coefficient (Wildman–Crippen LogP) is 9.85. The Hall–Kier alpha value is -4.93. The summed E-state index contributed by atoms with van der Waals surface area (Å²) in [5.41, 5.74) is 7.42. The molecule has 0 aliphatic carbocycles. The Morgan fingerprint density at radius 2 is 1.37 bits per heavy atom. The molecule has 0 amide bonds. The Labute approximate surface area is 288 Å². The van der Waals surface area contributed by atoms with Gasteiger partial charge in [0, 0.05) is 44.2 Å². The summed E-state index contributed by atoms with van der Waals surface area (Å²) in [6, 6.07) is 54.1. The maximum absolute atomic E-state index is 4.54. The fourth-order valence-electron chi connectivity index (χ4n) is 4.84. The molecule has 4 heterocycles. The third kappa shape index (κ3) is 7.82. The first-order chi connectivity index (χ1) is 22.2. The Morgan fingerprint density at radius 3 is 2.07 bits per heavy atom. The van der Waals surface area contributed by atoms with Crippen LogP contribution >= 0.6 is 11.3 Å². The van der Waals surface area contributed by atoms with Crippen LogP contribution in [0.5, 0.6) is 0 Å². The van der Waals surface area contributed by atoms with E-state index in [1.807, 2.05) is 119 Å². The fourth-order valence-corrected chi connectivity index (χ4v) is 6.05. The predicted molar refractivity (Wildman–Crippen MR) is 186 cm³/mol. The molecule has 1 radical (unpaired) electrons. The van der Waals surface area contributed by atoms with Crippen LogP contribution in [0.1, 0.15) is 5.56 Å². The monoisotopic (exact) mass is 789 g/mol. The maximum Gasteiger partial charge on any atom is 0.115 e. The third-order valence-corrected chi connectivity index (χ3v) is 8.29. The molecule has 0 unspecified atom stereocenters. The summed E-state index contributed by atoms with van der Waals surface area (Å²) in [5.74, 6) is 0. The maximum atomic E-state index is 4.54. The molecule has 227 valence electrons. The summed E-state index contributed by atoms with van der Waals surface area (Å²) in [4.78, 5) is 8.76. The largest absolute Gasteiger partial charge is 0.321 e. The van der Waals surface area contributed by atoms with E-state index in [0.717, 1.165) is 33.8 Å². The number of thiophene rings is 1. The van der Waals surface area contributed by atoms with E-state index in [-0.39, 0.29) is 20.1 Å². The molecule has 5 heteroatoms. The van der Waals surface area contributed by atoms with Crippen molar-refractivity contribution in [1.82, 2.24) is 9.97 Å². The molecule has 0 fully saturated rings. The molecular weight excluding hydrogens is 759 g/mol. The molecule has 0 aliphatic rings. The van der Waals surface area contributed by atoms with Crippen LogP contribution in [-0.2, 0) is 20.1 Å². The van der Waals surface area contributed by atoms with Crippen LogP contribution in [0.2, 0.25) is 0 Å². The second-order valence-corrected chi connectivity index (χ2v) is 11.3. The van der Waals surface area contributed by atoms with E-state index in [1.54, 1.807) is 6.20 Å². The normalized spacial score (nSPS) is 10.2. The van der Waals surface area contributed by atoms with Crippen LogP contribution in [-0.4, -0.2) is 9.97 Å². The van der Waals surface area contributed by atoms with Crippen molar-refractivity contribution >= 4 is 31.5 Å². The molecule has 8 aromatic rings. The quantitative estimate of drug-likeness (QED) is 0.132. The standard InChI is InChI=1S/C18H12NS.C12H10N.C11H8N.Ir/c1-12-9-10-16(19-11-12)15-7-4-6-14-13-5-2-3-8-17(13)20-18(14)15;1-13-10-6-5-9-12(13)11-7-3-2-4-8-11;1-2-6-10(7-3-1)11-8-4-5-9-12-11;/h2-6,8-11H,1H3;2-7,9-10H,1H2;1-6,8-9H;/q3*-1;. The van der Waals surface area contributed by atoms with Crippen LogP contribution in [0, 0.1) is 32.2 Å². The zero-order valence-electron chi connectivity index (χ0n) is 25.2. The Bertz CT molecular complexity index is 2070. The number of benzene rings is 4. The Morgan fingerprint density at radius 1 is 0.630 bits per heavy atom. The number of rotatable bonds is 3. The molecule has 0 atom stereocenters. The molecule has 3 nitrogen and oxygen atoms in total. The SMILES string of the molecule is Cc1ccc(-c2[c-]ccc3c2sc2ccccc23)nc1.[CH2-][n+]1ccccc1-c1[c-]cccc1.[Ir].[c-]1ccccc1-c1ccccn1. The Kier molecular flexibility index (Phi) is 11.2. The summed E-state index contributed by atoms with van der Waals surface area (Å²) in [6.07, 6.45) is 5.63. The van der Waals surface area contributed by atoms with Gasteiger partial charge < -0.3 is 14.5 Å². The van der Waals surface area contributed by atoms with Gasteiger partial charge in [-0.3, -0.25) is 0 Å². The Balaban J connectivity index is 0.000000141. The number of aromatic nitrogens is 3. The number of fused-ring (bicyclic) bond motifs is 3. The molecule has 0 N–H and O–H groups in total. The van der Waals surface area contributed by atoms with Gasteiger partial charge in [0.05, 0.1) is 6.20 Å². The third-order valence-electron chi connectivity index (χ3n) is 7.08. The van der Waals surface area contributed by atoms with Gasteiger partial charge in [-0.05, 0) is 52.2 Å². The van der Waals surface area contributed by atoms with Crippen molar-refractivity contribution in [3.05, 3.63) is 183 Å². The van der Waals surface area contributed by atoms with E-state index < -0.39 is 0 Å². The second-order valence-electron chi connectivity index (χ2n) is 10.2. The van der Waals surface area contributed by atoms with Crippen LogP contribution < -0.4 is 4.57 Å². The minimum absolute atomic E-state index is 0. The first kappa shape index (κ1) is 32.5. The zero-order valence-corrected chi connectivity index (χ0v) is 28.4. The molecular formula is C41H30IrN3S-3. The van der Waals surface area contributed by atoms with Gasteiger partial charge >= 0.3 is 0 Å². The number of hydrogen-bond donors (Lipinski definition) is 0. The molecule has 0 bridgehead atoms. The molecule has 0 spiro atoms. The van der Waals surface area contributed by atoms with Gasteiger partial charge in [0.15, 0.2) is 0 Å². The molecule has 8 rings (SSSR count). The van der Waals surface area contributed by atoms with Gasteiger partial charge in [0.1, 0.15) is 5.69 Å². The smallest absolute Gasteiger partial charge is 0.115 e. The van der Waals surface area contributed by atoms with Crippen molar-refractivity contribution in [1.29, 1.82) is 0 Å². The number of nitrogens with zero attached hydrogens (tertiary/aromatic N) is 3. The fraction of sp³-hybridized carbons (Fsp3) is 0.0244. The van der Waals surface area contributed by atoms with Gasteiger partial charge in [-0.1, -0.05) is 65.5 Å². The average molecular weight is 789 g/mol. The van der Waals surface area contributed by atoms with Crippen molar-refractivity contribution in [3.63, 3.8) is 0 Å². The summed E-state index contributed by atoms with van der Waals surface area (Å²) >= 11 is 1.82. The van der Waals surface area contributed by atoms with E-state index >= 15 is 0 Å². The zero-order chi connectivity index (χ0) is 30.8. The minimum atomic E-state index is 0. The van der Waals surface area contributed by atoms with Crippen LogP contribution in [0.15, 0.2) is 152 Å². The summed E-state index contributed by atoms with van der Waals surface area (Å²) in [5, 5.41) is 2.61. The summed E-state index contributed by atoms with van der Waals surface area (Å²) < 4.78 is 4.42.